The third kappa shape index (κ3) is 33.0. The Balaban J connectivity index is 3.19. The van der Waals surface area contributed by atoms with Gasteiger partial charge in [0, 0.05) is 132 Å². The SMILES string of the molecule is COCCCCCCNC(=O)CCNC(=O)CCO[C@H]1C(COCCC(=O)CCCC(=O)CCOC)O[C@@H](OCCC(=O)CCCC(=O)O)C(NC(C)=O)[C@H]1OCCC(=O)NCCC(=O)CCOC. The molecule has 22 heteroatoms. The molecule has 1 aliphatic heterocycles. The zero-order valence-electron chi connectivity index (χ0n) is 41.3. The number of methoxy groups -OCH3 is 3. The minimum atomic E-state index is -1.27. The fourth-order valence-electron chi connectivity index (χ4n) is 6.94. The number of carbonyl (C=O) groups excluding carboxylic acids is 8. The van der Waals surface area contributed by atoms with E-state index in [9.17, 15) is 43.2 Å². The second-order valence-corrected chi connectivity index (χ2v) is 16.6. The quantitative estimate of drug-likeness (QED) is 0.0543. The molecule has 0 saturated carbocycles. The Morgan fingerprint density at radius 2 is 0.942 bits per heavy atom. The summed E-state index contributed by atoms with van der Waals surface area (Å²) in [6.45, 7) is 2.45. The summed E-state index contributed by atoms with van der Waals surface area (Å²) in [5.74, 6) is -3.03. The standard InChI is InChI=1S/C47H80N4O18/c1-34(52)51-44-46(67-32-22-41(58)49-24-15-38(56)18-28-64-4)45(66-31-21-42(59)50-25-16-40(57)48-23-7-5-6-8-26-62-2)39(69-47(44)68-30-20-37(55)13-10-14-43(60)61)33-65-29-19-36(54)12-9-11-35(53)17-27-63-3/h39,44-47H,5-33H2,1-4H3,(H,48,57)(H,49,58)(H,50,59)(H,51,52)(H,60,61)/t39?,44?,45-,46+,47+/m0/s1. The molecular formula is C47H80N4O18. The van der Waals surface area contributed by atoms with E-state index in [-0.39, 0.29) is 165 Å². The van der Waals surface area contributed by atoms with E-state index in [1.165, 1.54) is 21.1 Å². The van der Waals surface area contributed by atoms with Crippen LogP contribution < -0.4 is 21.3 Å². The van der Waals surface area contributed by atoms with Gasteiger partial charge in [-0.1, -0.05) is 12.8 Å². The number of nitrogens with one attached hydrogen (secondary N) is 4. The van der Waals surface area contributed by atoms with Crippen LogP contribution in [0.1, 0.15) is 122 Å². The van der Waals surface area contributed by atoms with Gasteiger partial charge >= 0.3 is 5.97 Å². The summed E-state index contributed by atoms with van der Waals surface area (Å²) in [7, 11) is 4.65. The lowest BCUT2D eigenvalue weighted by Crippen LogP contribution is -2.66. The lowest BCUT2D eigenvalue weighted by Gasteiger charge is -2.46. The zero-order valence-corrected chi connectivity index (χ0v) is 41.3. The van der Waals surface area contributed by atoms with Crippen LogP contribution in [0.2, 0.25) is 0 Å². The van der Waals surface area contributed by atoms with Crippen LogP contribution in [-0.2, 0) is 81.0 Å². The fraction of sp³-hybridized carbons (Fsp3) is 0.809. The van der Waals surface area contributed by atoms with Crippen molar-refractivity contribution < 1.29 is 86.2 Å². The van der Waals surface area contributed by atoms with E-state index in [1.54, 1.807) is 7.11 Å². The minimum Gasteiger partial charge on any atom is -0.481 e. The number of hydrogen-bond donors (Lipinski definition) is 5. The lowest BCUT2D eigenvalue weighted by atomic mass is 9.96. The smallest absolute Gasteiger partial charge is 0.303 e. The van der Waals surface area contributed by atoms with Crippen LogP contribution in [0.4, 0.5) is 0 Å². The van der Waals surface area contributed by atoms with Gasteiger partial charge in [-0.05, 0) is 25.7 Å². The Morgan fingerprint density at radius 3 is 1.52 bits per heavy atom. The number of hydrogen-bond acceptors (Lipinski definition) is 17. The summed E-state index contributed by atoms with van der Waals surface area (Å²) in [6.07, 6.45) is 0.315. The lowest BCUT2D eigenvalue weighted by molar-refractivity contribution is -0.286. The number of rotatable bonds is 45. The van der Waals surface area contributed by atoms with Crippen molar-refractivity contribution in [1.82, 2.24) is 21.3 Å². The molecule has 0 radical (unpaired) electrons. The minimum absolute atomic E-state index is 0.00287. The molecule has 0 aromatic rings. The van der Waals surface area contributed by atoms with Gasteiger partial charge in [-0.2, -0.15) is 0 Å². The van der Waals surface area contributed by atoms with Crippen molar-refractivity contribution in [3.8, 4) is 0 Å². The van der Waals surface area contributed by atoms with Gasteiger partial charge < -0.3 is 64.3 Å². The Bertz CT molecular complexity index is 1530. The van der Waals surface area contributed by atoms with E-state index in [1.807, 2.05) is 0 Å². The first-order chi connectivity index (χ1) is 33.2. The number of Topliss-reactive ketones (excluding diaryl/α,β-unsaturated/α-hetero) is 4. The average molecular weight is 989 g/mol. The molecule has 5 N–H and O–H groups in total. The highest BCUT2D eigenvalue weighted by Gasteiger charge is 2.48. The van der Waals surface area contributed by atoms with Crippen LogP contribution in [-0.4, -0.2) is 182 Å². The van der Waals surface area contributed by atoms with E-state index >= 15 is 0 Å². The first kappa shape index (κ1) is 62.7. The van der Waals surface area contributed by atoms with Gasteiger partial charge in [-0.3, -0.25) is 43.2 Å². The van der Waals surface area contributed by atoms with Crippen molar-refractivity contribution in [3.63, 3.8) is 0 Å². The Labute approximate surface area is 406 Å². The number of amides is 4. The van der Waals surface area contributed by atoms with Crippen LogP contribution in [0.3, 0.4) is 0 Å². The molecule has 1 fully saturated rings. The molecule has 69 heavy (non-hydrogen) atoms. The Hall–Kier alpha value is -4.29. The van der Waals surface area contributed by atoms with Gasteiger partial charge in [0.05, 0.1) is 46.2 Å². The third-order valence-corrected chi connectivity index (χ3v) is 10.7. The van der Waals surface area contributed by atoms with Crippen molar-refractivity contribution in [2.24, 2.45) is 0 Å². The summed E-state index contributed by atoms with van der Waals surface area (Å²) >= 11 is 0. The molecule has 5 atom stereocenters. The molecule has 0 spiro atoms. The van der Waals surface area contributed by atoms with E-state index in [0.717, 1.165) is 25.7 Å². The highest BCUT2D eigenvalue weighted by atomic mass is 16.7. The van der Waals surface area contributed by atoms with Gasteiger partial charge in [-0.15, -0.1) is 0 Å². The number of ketones is 4. The van der Waals surface area contributed by atoms with Crippen LogP contribution in [0.25, 0.3) is 0 Å². The van der Waals surface area contributed by atoms with Crippen LogP contribution >= 0.6 is 0 Å². The molecule has 0 aliphatic carbocycles. The van der Waals surface area contributed by atoms with Gasteiger partial charge in [0.1, 0.15) is 47.5 Å². The van der Waals surface area contributed by atoms with Crippen molar-refractivity contribution in [3.05, 3.63) is 0 Å². The molecule has 2 unspecified atom stereocenters. The van der Waals surface area contributed by atoms with Crippen LogP contribution in [0, 0.1) is 0 Å². The first-order valence-corrected chi connectivity index (χ1v) is 24.1. The molecule has 1 heterocycles. The fourth-order valence-corrected chi connectivity index (χ4v) is 6.94. The van der Waals surface area contributed by atoms with Gasteiger partial charge in [0.25, 0.3) is 0 Å². The maximum absolute atomic E-state index is 12.9. The molecule has 1 saturated heterocycles. The van der Waals surface area contributed by atoms with Crippen molar-refractivity contribution in [2.75, 3.05) is 93.8 Å². The third-order valence-electron chi connectivity index (χ3n) is 10.7. The number of carbonyl (C=O) groups is 9. The van der Waals surface area contributed by atoms with Crippen molar-refractivity contribution in [1.29, 1.82) is 0 Å². The second-order valence-electron chi connectivity index (χ2n) is 16.6. The predicted molar refractivity (Wildman–Crippen MR) is 248 cm³/mol. The molecular weight excluding hydrogens is 909 g/mol. The number of aliphatic carboxylic acids is 1. The number of ether oxygens (including phenoxy) is 8. The first-order valence-electron chi connectivity index (χ1n) is 24.1. The molecule has 0 aromatic carbocycles. The summed E-state index contributed by atoms with van der Waals surface area (Å²) in [5.41, 5.74) is 0. The Morgan fingerprint density at radius 1 is 0.464 bits per heavy atom. The molecule has 22 nitrogen and oxygen atoms in total. The number of carboxylic acids is 1. The van der Waals surface area contributed by atoms with E-state index < -0.39 is 54.3 Å². The highest BCUT2D eigenvalue weighted by Crippen LogP contribution is 2.28. The van der Waals surface area contributed by atoms with Gasteiger partial charge in [0.15, 0.2) is 6.29 Å². The molecule has 396 valence electrons. The second kappa shape index (κ2) is 40.4. The summed E-state index contributed by atoms with van der Waals surface area (Å²) in [6, 6.07) is -1.10. The summed E-state index contributed by atoms with van der Waals surface area (Å²) in [4.78, 5) is 111. The van der Waals surface area contributed by atoms with E-state index in [4.69, 9.17) is 43.0 Å². The number of unbranched alkanes of at least 4 members (excludes halogenated alkanes) is 3. The largest absolute Gasteiger partial charge is 0.481 e. The zero-order chi connectivity index (χ0) is 51.1. The Kier molecular flexibility index (Phi) is 36.8. The maximum atomic E-state index is 12.9. The normalized spacial score (nSPS) is 17.7. The predicted octanol–water partition coefficient (Wildman–Crippen LogP) is 1.69. The molecule has 1 aliphatic rings. The summed E-state index contributed by atoms with van der Waals surface area (Å²) < 4.78 is 45.8. The maximum Gasteiger partial charge on any atom is 0.303 e. The monoisotopic (exact) mass is 989 g/mol. The molecule has 0 bridgehead atoms. The van der Waals surface area contributed by atoms with Crippen LogP contribution in [0.15, 0.2) is 0 Å². The van der Waals surface area contributed by atoms with Crippen molar-refractivity contribution in [2.45, 2.75) is 153 Å². The topological polar surface area (TPSA) is 296 Å². The molecule has 4 amide bonds. The van der Waals surface area contributed by atoms with E-state index in [2.05, 4.69) is 21.3 Å². The van der Waals surface area contributed by atoms with Gasteiger partial charge in [0.2, 0.25) is 23.6 Å². The van der Waals surface area contributed by atoms with E-state index in [0.29, 0.717) is 26.2 Å². The summed E-state index contributed by atoms with van der Waals surface area (Å²) in [5, 5.41) is 20.0. The molecule has 0 aromatic heterocycles. The van der Waals surface area contributed by atoms with Crippen molar-refractivity contribution >= 4 is 52.7 Å². The number of carboxylic acid groups (broad SMARTS) is 1. The van der Waals surface area contributed by atoms with Crippen LogP contribution in [0.5, 0.6) is 0 Å². The molecule has 1 rings (SSSR count). The highest BCUT2D eigenvalue weighted by molar-refractivity contribution is 5.82. The van der Waals surface area contributed by atoms with Gasteiger partial charge in [-0.25, -0.2) is 0 Å². The average Bonchev–Trinajstić information content (AvgIpc) is 3.30.